The first-order chi connectivity index (χ1) is 10.8. The molecule has 0 radical (unpaired) electrons. The molecule has 2 saturated carbocycles. The van der Waals surface area contributed by atoms with Gasteiger partial charge in [-0.05, 0) is 42.2 Å². The second-order valence-electron chi connectivity index (χ2n) is 6.96. The van der Waals surface area contributed by atoms with Crippen LogP contribution in [0.3, 0.4) is 0 Å². The lowest BCUT2D eigenvalue weighted by Gasteiger charge is -2.37. The normalized spacial score (nSPS) is 40.6. The van der Waals surface area contributed by atoms with Crippen molar-refractivity contribution in [2.45, 2.75) is 6.42 Å². The molecule has 2 amide bonds. The van der Waals surface area contributed by atoms with Gasteiger partial charge >= 0.3 is 0 Å². The number of para-hydroxylation sites is 1. The van der Waals surface area contributed by atoms with Crippen molar-refractivity contribution in [2.24, 2.45) is 35.5 Å². The van der Waals surface area contributed by atoms with Crippen molar-refractivity contribution in [1.29, 1.82) is 0 Å². The average Bonchev–Trinajstić information content (AvgIpc) is 3.33. The summed E-state index contributed by atoms with van der Waals surface area (Å²) >= 11 is 0. The molecule has 1 aromatic rings. The van der Waals surface area contributed by atoms with Crippen LogP contribution in [0, 0.1) is 35.5 Å². The Morgan fingerprint density at radius 1 is 0.955 bits per heavy atom. The molecule has 6 rings (SSSR count). The van der Waals surface area contributed by atoms with Gasteiger partial charge in [-0.1, -0.05) is 30.4 Å². The number of allylic oxidation sites excluding steroid dienone is 2. The zero-order valence-electron chi connectivity index (χ0n) is 12.2. The van der Waals surface area contributed by atoms with Gasteiger partial charge in [-0.25, -0.2) is 0 Å². The number of benzene rings is 1. The number of carbonyl (C=O) groups is 2. The summed E-state index contributed by atoms with van der Waals surface area (Å²) in [6.07, 6.45) is 5.62. The van der Waals surface area contributed by atoms with Gasteiger partial charge in [0.1, 0.15) is 0 Å². The van der Waals surface area contributed by atoms with Crippen LogP contribution in [0.25, 0.3) is 0 Å². The maximum absolute atomic E-state index is 12.8. The smallest absolute Gasteiger partial charge is 0.235 e. The molecular formula is C18H18N2O2. The van der Waals surface area contributed by atoms with E-state index in [0.29, 0.717) is 23.7 Å². The van der Waals surface area contributed by atoms with Crippen molar-refractivity contribution in [3.05, 3.63) is 42.5 Å². The summed E-state index contributed by atoms with van der Waals surface area (Å²) in [6, 6.07) is 9.71. The lowest BCUT2D eigenvalue weighted by atomic mass is 9.63. The van der Waals surface area contributed by atoms with E-state index < -0.39 is 0 Å². The lowest BCUT2D eigenvalue weighted by Crippen LogP contribution is -2.40. The molecule has 1 heterocycles. The van der Waals surface area contributed by atoms with Gasteiger partial charge in [-0.2, -0.15) is 0 Å². The van der Waals surface area contributed by atoms with Crippen molar-refractivity contribution >= 4 is 17.5 Å². The Morgan fingerprint density at radius 2 is 1.55 bits per heavy atom. The molecule has 5 aliphatic rings. The molecule has 6 atom stereocenters. The Labute approximate surface area is 129 Å². The van der Waals surface area contributed by atoms with Gasteiger partial charge < -0.3 is 5.32 Å². The van der Waals surface area contributed by atoms with E-state index in [1.54, 1.807) is 0 Å². The molecule has 4 heteroatoms. The second kappa shape index (κ2) is 4.22. The highest BCUT2D eigenvalue weighted by molar-refractivity contribution is 6.06. The Kier molecular flexibility index (Phi) is 2.38. The van der Waals surface area contributed by atoms with Crippen LogP contribution >= 0.6 is 0 Å². The monoisotopic (exact) mass is 294 g/mol. The molecule has 4 nitrogen and oxygen atoms in total. The van der Waals surface area contributed by atoms with Crippen molar-refractivity contribution in [1.82, 2.24) is 4.90 Å². The van der Waals surface area contributed by atoms with Gasteiger partial charge in [0.25, 0.3) is 0 Å². The Hall–Kier alpha value is -2.10. The average molecular weight is 294 g/mol. The number of nitrogens with zero attached hydrogens (tertiary/aromatic N) is 1. The molecule has 112 valence electrons. The molecule has 2 bridgehead atoms. The quantitative estimate of drug-likeness (QED) is 0.686. The number of hydrogen-bond donors (Lipinski definition) is 1. The molecule has 1 saturated heterocycles. The topological polar surface area (TPSA) is 49.4 Å². The molecule has 0 spiro atoms. The summed E-state index contributed by atoms with van der Waals surface area (Å²) in [5, 5.41) is 3.19. The highest BCUT2D eigenvalue weighted by atomic mass is 16.2. The maximum Gasteiger partial charge on any atom is 0.235 e. The molecule has 0 unspecified atom stereocenters. The van der Waals surface area contributed by atoms with Gasteiger partial charge in [0.15, 0.2) is 0 Å². The fourth-order valence-corrected chi connectivity index (χ4v) is 4.90. The minimum absolute atomic E-state index is 0.0307. The van der Waals surface area contributed by atoms with Crippen LogP contribution in [-0.4, -0.2) is 23.4 Å². The molecule has 1 aromatic carbocycles. The number of hydrogen-bond acceptors (Lipinski definition) is 3. The molecule has 1 N–H and O–H groups in total. The molecule has 4 aliphatic carbocycles. The molecule has 22 heavy (non-hydrogen) atoms. The first-order valence-electron chi connectivity index (χ1n) is 8.08. The van der Waals surface area contributed by atoms with Crippen molar-refractivity contribution in [3.8, 4) is 0 Å². The maximum atomic E-state index is 12.8. The Balaban J connectivity index is 1.38. The number of imide groups is 1. The number of amides is 2. The fraction of sp³-hybridized carbons (Fsp3) is 0.444. The van der Waals surface area contributed by atoms with Crippen molar-refractivity contribution in [3.63, 3.8) is 0 Å². The Bertz CT molecular complexity index is 648. The van der Waals surface area contributed by atoms with E-state index in [9.17, 15) is 9.59 Å². The summed E-state index contributed by atoms with van der Waals surface area (Å²) in [4.78, 5) is 27.0. The number of anilines is 1. The van der Waals surface area contributed by atoms with Gasteiger partial charge in [-0.15, -0.1) is 0 Å². The first-order valence-corrected chi connectivity index (χ1v) is 8.08. The van der Waals surface area contributed by atoms with Crippen LogP contribution in [0.4, 0.5) is 5.69 Å². The fourth-order valence-electron chi connectivity index (χ4n) is 4.90. The van der Waals surface area contributed by atoms with Crippen LogP contribution in [0.5, 0.6) is 0 Å². The number of carbonyl (C=O) groups excluding carboxylic acids is 2. The van der Waals surface area contributed by atoms with E-state index in [1.807, 2.05) is 30.3 Å². The van der Waals surface area contributed by atoms with E-state index >= 15 is 0 Å². The van der Waals surface area contributed by atoms with E-state index in [2.05, 4.69) is 17.5 Å². The zero-order valence-corrected chi connectivity index (χ0v) is 12.2. The largest absolute Gasteiger partial charge is 0.367 e. The van der Waals surface area contributed by atoms with E-state index in [0.717, 1.165) is 5.69 Å². The summed E-state index contributed by atoms with van der Waals surface area (Å²) < 4.78 is 0. The van der Waals surface area contributed by atoms with Gasteiger partial charge in [0, 0.05) is 5.69 Å². The number of rotatable bonds is 3. The van der Waals surface area contributed by atoms with Gasteiger partial charge in [0.2, 0.25) is 11.8 Å². The summed E-state index contributed by atoms with van der Waals surface area (Å²) in [5.41, 5.74) is 0.932. The standard InChI is InChI=1S/C18H18N2O2/c21-17-15-11-6-7-12(14-8-13(11)14)16(15)18(22)20(17)9-19-10-4-2-1-3-5-10/h1-7,11-16,19H,8-9H2/t11-,12-,13-,14+,15+,16+/m1/s1. The van der Waals surface area contributed by atoms with Crippen LogP contribution in [0.1, 0.15) is 6.42 Å². The Morgan fingerprint density at radius 3 is 2.14 bits per heavy atom. The second-order valence-corrected chi connectivity index (χ2v) is 6.96. The highest BCUT2D eigenvalue weighted by Crippen LogP contribution is 2.65. The molecule has 1 aliphatic heterocycles. The van der Waals surface area contributed by atoms with Crippen LogP contribution in [0.2, 0.25) is 0 Å². The van der Waals surface area contributed by atoms with Crippen molar-refractivity contribution in [2.75, 3.05) is 12.0 Å². The predicted molar refractivity (Wildman–Crippen MR) is 81.5 cm³/mol. The molecular weight excluding hydrogens is 276 g/mol. The highest BCUT2D eigenvalue weighted by Gasteiger charge is 2.66. The third kappa shape index (κ3) is 1.52. The SMILES string of the molecule is O=C1[C@H]2[C@@H]3C=C[C@H]([C@@H]4C[C@H]34)[C@@H]2C(=O)N1CNc1ccccc1. The minimum atomic E-state index is -0.0937. The van der Waals surface area contributed by atoms with E-state index in [1.165, 1.54) is 11.3 Å². The minimum Gasteiger partial charge on any atom is -0.367 e. The van der Waals surface area contributed by atoms with Crippen LogP contribution in [0.15, 0.2) is 42.5 Å². The third-order valence-corrected chi connectivity index (χ3v) is 5.97. The summed E-state index contributed by atoms with van der Waals surface area (Å²) in [5.74, 6) is 1.81. The number of nitrogens with one attached hydrogen (secondary N) is 1. The predicted octanol–water partition coefficient (Wildman–Crippen LogP) is 2.11. The van der Waals surface area contributed by atoms with Gasteiger partial charge in [-0.3, -0.25) is 14.5 Å². The number of likely N-dealkylation sites (tertiary alicyclic amines) is 1. The summed E-state index contributed by atoms with van der Waals surface area (Å²) in [6.45, 7) is 0.281. The van der Waals surface area contributed by atoms with Crippen molar-refractivity contribution < 1.29 is 9.59 Å². The summed E-state index contributed by atoms with van der Waals surface area (Å²) in [7, 11) is 0. The lowest BCUT2D eigenvalue weighted by molar-refractivity contribution is -0.139. The van der Waals surface area contributed by atoms with E-state index in [-0.39, 0.29) is 30.3 Å². The molecule has 3 fully saturated rings. The van der Waals surface area contributed by atoms with Crippen LogP contribution < -0.4 is 5.32 Å². The van der Waals surface area contributed by atoms with E-state index in [4.69, 9.17) is 0 Å². The third-order valence-electron chi connectivity index (χ3n) is 5.97. The first kappa shape index (κ1) is 12.4. The zero-order chi connectivity index (χ0) is 14.8. The van der Waals surface area contributed by atoms with Gasteiger partial charge in [0.05, 0.1) is 18.5 Å². The molecule has 0 aromatic heterocycles. The van der Waals surface area contributed by atoms with Crippen LogP contribution in [-0.2, 0) is 9.59 Å².